The molecule has 2 aliphatic rings. The number of aromatic nitrogens is 5. The summed E-state index contributed by atoms with van der Waals surface area (Å²) in [6.45, 7) is 1.30. The molecule has 0 spiro atoms. The molecule has 1 atom stereocenters. The summed E-state index contributed by atoms with van der Waals surface area (Å²) in [7, 11) is 0. The van der Waals surface area contributed by atoms with Gasteiger partial charge >= 0.3 is 0 Å². The number of carbonyl (C=O) groups is 1. The second-order valence-corrected chi connectivity index (χ2v) is 8.01. The van der Waals surface area contributed by atoms with Crippen LogP contribution in [0.5, 0.6) is 0 Å². The Bertz CT molecular complexity index is 989. The fourth-order valence-electron chi connectivity index (χ4n) is 4.25. The third-order valence-electron chi connectivity index (χ3n) is 5.87. The molecule has 8 nitrogen and oxygen atoms in total. The minimum absolute atomic E-state index is 0.0647. The summed E-state index contributed by atoms with van der Waals surface area (Å²) in [6.07, 6.45) is 11.7. The van der Waals surface area contributed by atoms with Gasteiger partial charge in [-0.15, -0.1) is 0 Å². The summed E-state index contributed by atoms with van der Waals surface area (Å²) >= 11 is 0. The van der Waals surface area contributed by atoms with Crippen molar-refractivity contribution in [2.24, 2.45) is 5.92 Å². The van der Waals surface area contributed by atoms with Gasteiger partial charge in [0.2, 0.25) is 0 Å². The number of pyridine rings is 1. The summed E-state index contributed by atoms with van der Waals surface area (Å²) in [5, 5.41) is 4.37. The van der Waals surface area contributed by atoms with Crippen LogP contribution in [-0.2, 0) is 5.41 Å². The van der Waals surface area contributed by atoms with E-state index < -0.39 is 0 Å². The van der Waals surface area contributed by atoms with E-state index in [1.807, 2.05) is 17.0 Å². The maximum absolute atomic E-state index is 13.0. The van der Waals surface area contributed by atoms with Crippen LogP contribution in [0.4, 0.5) is 0 Å². The van der Waals surface area contributed by atoms with E-state index in [-0.39, 0.29) is 11.3 Å². The van der Waals surface area contributed by atoms with Gasteiger partial charge in [-0.3, -0.25) is 9.78 Å². The number of amides is 1. The van der Waals surface area contributed by atoms with Crippen LogP contribution in [0.25, 0.3) is 11.5 Å². The van der Waals surface area contributed by atoms with Gasteiger partial charge in [0.05, 0.1) is 5.41 Å². The molecule has 0 N–H and O–H groups in total. The first-order valence-corrected chi connectivity index (χ1v) is 10.0. The maximum Gasteiger partial charge on any atom is 0.272 e. The molecule has 3 aromatic heterocycles. The lowest BCUT2D eigenvalue weighted by Crippen LogP contribution is -2.49. The van der Waals surface area contributed by atoms with Crippen LogP contribution < -0.4 is 0 Å². The van der Waals surface area contributed by atoms with Crippen molar-refractivity contribution in [3.05, 3.63) is 54.6 Å². The average Bonchev–Trinajstić information content (AvgIpc) is 3.44. The predicted octanol–water partition coefficient (Wildman–Crippen LogP) is 2.90. The lowest BCUT2D eigenvalue weighted by molar-refractivity contribution is 0.0601. The highest BCUT2D eigenvalue weighted by molar-refractivity contribution is 5.92. The number of nitrogens with zero attached hydrogens (tertiary/aromatic N) is 6. The van der Waals surface area contributed by atoms with E-state index >= 15 is 0 Å². The summed E-state index contributed by atoms with van der Waals surface area (Å²) in [5.74, 6) is 1.81. The van der Waals surface area contributed by atoms with Crippen LogP contribution in [0.1, 0.15) is 48.4 Å². The van der Waals surface area contributed by atoms with E-state index in [1.54, 1.807) is 24.7 Å². The third-order valence-corrected chi connectivity index (χ3v) is 5.87. The van der Waals surface area contributed by atoms with Gasteiger partial charge in [0.15, 0.2) is 5.82 Å². The molecule has 8 heteroatoms. The van der Waals surface area contributed by atoms with Crippen molar-refractivity contribution in [2.75, 3.05) is 13.1 Å². The average molecular weight is 390 g/mol. The summed E-state index contributed by atoms with van der Waals surface area (Å²) in [6, 6.07) is 5.38. The molecule has 5 rings (SSSR count). The SMILES string of the molecule is O=C(c1ccncn1)N1CCCC(CC2CC2)(c2noc(-c3ccncc3)n2)C1. The zero-order chi connectivity index (χ0) is 19.7. The van der Waals surface area contributed by atoms with E-state index in [0.717, 1.165) is 24.8 Å². The Labute approximate surface area is 168 Å². The van der Waals surface area contributed by atoms with Crippen molar-refractivity contribution < 1.29 is 9.32 Å². The summed E-state index contributed by atoms with van der Waals surface area (Å²) in [5.41, 5.74) is 0.995. The molecule has 0 radical (unpaired) electrons. The third kappa shape index (κ3) is 3.62. The number of hydrogen-bond donors (Lipinski definition) is 0. The van der Waals surface area contributed by atoms with Crippen molar-refractivity contribution in [1.29, 1.82) is 0 Å². The van der Waals surface area contributed by atoms with Gasteiger partial charge in [-0.25, -0.2) is 9.97 Å². The zero-order valence-corrected chi connectivity index (χ0v) is 16.1. The molecule has 1 amide bonds. The number of carbonyl (C=O) groups excluding carboxylic acids is 1. The molecule has 2 fully saturated rings. The first-order valence-electron chi connectivity index (χ1n) is 10.0. The van der Waals surface area contributed by atoms with Gasteiger partial charge in [0.1, 0.15) is 12.0 Å². The second kappa shape index (κ2) is 7.35. The monoisotopic (exact) mass is 390 g/mol. The molecule has 29 heavy (non-hydrogen) atoms. The Morgan fingerprint density at radius 3 is 2.76 bits per heavy atom. The molecular weight excluding hydrogens is 368 g/mol. The second-order valence-electron chi connectivity index (χ2n) is 8.01. The molecule has 0 bridgehead atoms. The van der Waals surface area contributed by atoms with Gasteiger partial charge < -0.3 is 9.42 Å². The van der Waals surface area contributed by atoms with E-state index in [4.69, 9.17) is 9.51 Å². The summed E-state index contributed by atoms with van der Waals surface area (Å²) < 4.78 is 5.60. The lowest BCUT2D eigenvalue weighted by atomic mass is 9.74. The quantitative estimate of drug-likeness (QED) is 0.660. The van der Waals surface area contributed by atoms with Gasteiger partial charge in [0, 0.05) is 37.2 Å². The first-order chi connectivity index (χ1) is 14.2. The van der Waals surface area contributed by atoms with Crippen LogP contribution in [0.15, 0.2) is 47.6 Å². The molecule has 148 valence electrons. The van der Waals surface area contributed by atoms with Gasteiger partial charge in [-0.2, -0.15) is 4.98 Å². The Hall–Kier alpha value is -3.16. The van der Waals surface area contributed by atoms with E-state index in [1.165, 1.54) is 19.2 Å². The topological polar surface area (TPSA) is 97.9 Å². The standard InChI is InChI=1S/C21H22N6O2/c28-19(17-6-10-23-14-24-17)27-11-1-7-21(13-27,12-15-2-3-15)20-25-18(29-26-20)16-4-8-22-9-5-16/h4-6,8-10,14-15H,1-3,7,11-13H2. The molecular formula is C21H22N6O2. The van der Waals surface area contributed by atoms with Gasteiger partial charge in [0.25, 0.3) is 11.8 Å². The van der Waals surface area contributed by atoms with Gasteiger partial charge in [-0.05, 0) is 43.4 Å². The van der Waals surface area contributed by atoms with Crippen LogP contribution >= 0.6 is 0 Å². The Balaban J connectivity index is 1.45. The van der Waals surface area contributed by atoms with E-state index in [2.05, 4.69) is 20.1 Å². The normalized spacial score (nSPS) is 21.9. The Morgan fingerprint density at radius 1 is 1.17 bits per heavy atom. The van der Waals surface area contributed by atoms with E-state index in [9.17, 15) is 4.79 Å². The highest BCUT2D eigenvalue weighted by atomic mass is 16.5. The van der Waals surface area contributed by atoms with Crippen LogP contribution in [0.3, 0.4) is 0 Å². The van der Waals surface area contributed by atoms with Crippen molar-refractivity contribution in [3.63, 3.8) is 0 Å². The van der Waals surface area contributed by atoms with Crippen molar-refractivity contribution in [2.45, 2.75) is 37.5 Å². The maximum atomic E-state index is 13.0. The molecule has 1 saturated carbocycles. The van der Waals surface area contributed by atoms with E-state index in [0.29, 0.717) is 36.4 Å². The number of hydrogen-bond acceptors (Lipinski definition) is 7. The molecule has 0 aromatic carbocycles. The van der Waals surface area contributed by atoms with Crippen LogP contribution in [0.2, 0.25) is 0 Å². The van der Waals surface area contributed by atoms with Crippen LogP contribution in [0, 0.1) is 5.92 Å². The molecule has 4 heterocycles. The molecule has 1 saturated heterocycles. The number of piperidine rings is 1. The summed E-state index contributed by atoms with van der Waals surface area (Å²) in [4.78, 5) is 31.7. The Morgan fingerprint density at radius 2 is 2.00 bits per heavy atom. The smallest absolute Gasteiger partial charge is 0.272 e. The predicted molar refractivity (Wildman–Crippen MR) is 104 cm³/mol. The fourth-order valence-corrected chi connectivity index (χ4v) is 4.25. The molecule has 1 aliphatic heterocycles. The number of likely N-dealkylation sites (tertiary alicyclic amines) is 1. The van der Waals surface area contributed by atoms with Crippen LogP contribution in [-0.4, -0.2) is 49.0 Å². The molecule has 1 aliphatic carbocycles. The molecule has 1 unspecified atom stereocenters. The minimum Gasteiger partial charge on any atom is -0.336 e. The largest absolute Gasteiger partial charge is 0.336 e. The highest BCUT2D eigenvalue weighted by Gasteiger charge is 2.46. The highest BCUT2D eigenvalue weighted by Crippen LogP contribution is 2.46. The Kier molecular flexibility index (Phi) is 4.54. The zero-order valence-electron chi connectivity index (χ0n) is 16.1. The molecule has 3 aromatic rings. The lowest BCUT2D eigenvalue weighted by Gasteiger charge is -2.41. The fraction of sp³-hybridized carbons (Fsp3) is 0.429. The van der Waals surface area contributed by atoms with Crippen molar-refractivity contribution in [1.82, 2.24) is 30.0 Å². The minimum atomic E-state index is -0.281. The van der Waals surface area contributed by atoms with Crippen molar-refractivity contribution in [3.8, 4) is 11.5 Å². The number of rotatable bonds is 5. The first kappa shape index (κ1) is 17.9. The van der Waals surface area contributed by atoms with Gasteiger partial charge in [-0.1, -0.05) is 18.0 Å². The van der Waals surface area contributed by atoms with Crippen molar-refractivity contribution >= 4 is 5.91 Å².